The minimum Gasteiger partial charge on any atom is -0.382 e. The Morgan fingerprint density at radius 2 is 1.70 bits per heavy atom. The van der Waals surface area contributed by atoms with E-state index in [2.05, 4.69) is 10.3 Å². The number of piperidine rings is 1. The number of nitriles is 1. The fourth-order valence-electron chi connectivity index (χ4n) is 4.38. The van der Waals surface area contributed by atoms with Gasteiger partial charge < -0.3 is 5.32 Å². The lowest BCUT2D eigenvalue weighted by molar-refractivity contribution is 0.329. The molecule has 6 nitrogen and oxygen atoms in total. The Morgan fingerprint density at radius 1 is 1.03 bits per heavy atom. The molecule has 3 aromatic rings. The van der Waals surface area contributed by atoms with Crippen LogP contribution in [0.15, 0.2) is 42.7 Å². The molecule has 0 radical (unpaired) electrons. The Hall–Kier alpha value is -3.09. The molecule has 1 N–H and O–H groups in total. The van der Waals surface area contributed by atoms with Crippen molar-refractivity contribution >= 4 is 26.5 Å². The van der Waals surface area contributed by atoms with Crippen LogP contribution in [0, 0.1) is 23.0 Å². The van der Waals surface area contributed by atoms with Crippen molar-refractivity contribution in [3.05, 3.63) is 59.9 Å². The fraction of sp³-hybridized carbons (Fsp3) is 0.333. The third-order valence-corrected chi connectivity index (χ3v) is 8.76. The van der Waals surface area contributed by atoms with Gasteiger partial charge in [0.15, 0.2) is 0 Å². The molecule has 2 aliphatic rings. The van der Waals surface area contributed by atoms with Gasteiger partial charge in [-0.3, -0.25) is 4.98 Å². The first-order valence-corrected chi connectivity index (χ1v) is 12.4. The van der Waals surface area contributed by atoms with Crippen LogP contribution in [-0.2, 0) is 10.0 Å². The van der Waals surface area contributed by atoms with E-state index in [1.54, 1.807) is 22.8 Å². The number of halogens is 2. The van der Waals surface area contributed by atoms with Crippen molar-refractivity contribution in [2.24, 2.45) is 0 Å². The molecule has 2 aromatic carbocycles. The number of nitrogens with one attached hydrogen (secondary N) is 1. The maximum atomic E-state index is 14.2. The summed E-state index contributed by atoms with van der Waals surface area (Å²) in [6, 6.07) is 9.40. The van der Waals surface area contributed by atoms with Crippen molar-refractivity contribution in [3.8, 4) is 17.2 Å². The lowest BCUT2D eigenvalue weighted by Crippen LogP contribution is -2.43. The number of hydrogen-bond acceptors (Lipinski definition) is 5. The molecule has 0 amide bonds. The largest absolute Gasteiger partial charge is 0.382 e. The van der Waals surface area contributed by atoms with E-state index in [9.17, 15) is 17.2 Å². The van der Waals surface area contributed by atoms with Crippen LogP contribution in [0.4, 0.5) is 14.5 Å². The van der Waals surface area contributed by atoms with Gasteiger partial charge in [-0.15, -0.1) is 0 Å². The normalized spacial score (nSPS) is 17.7. The molecule has 33 heavy (non-hydrogen) atoms. The highest BCUT2D eigenvalue weighted by atomic mass is 32.2. The van der Waals surface area contributed by atoms with Gasteiger partial charge in [0.2, 0.25) is 10.0 Å². The predicted octanol–water partition coefficient (Wildman–Crippen LogP) is 4.42. The van der Waals surface area contributed by atoms with Crippen LogP contribution < -0.4 is 5.32 Å². The Labute approximate surface area is 190 Å². The van der Waals surface area contributed by atoms with E-state index in [0.29, 0.717) is 37.1 Å². The molecule has 0 unspecified atom stereocenters. The number of pyridine rings is 1. The van der Waals surface area contributed by atoms with Gasteiger partial charge in [0, 0.05) is 42.6 Å². The first kappa shape index (κ1) is 21.7. The first-order chi connectivity index (χ1) is 15.9. The zero-order valence-corrected chi connectivity index (χ0v) is 18.6. The zero-order chi connectivity index (χ0) is 23.2. The average Bonchev–Trinajstić information content (AvgIpc) is 3.65. The zero-order valence-electron chi connectivity index (χ0n) is 17.8. The van der Waals surface area contributed by atoms with Gasteiger partial charge in [0.25, 0.3) is 0 Å². The Morgan fingerprint density at radius 3 is 2.33 bits per heavy atom. The minimum atomic E-state index is -3.17. The van der Waals surface area contributed by atoms with Crippen molar-refractivity contribution in [3.63, 3.8) is 0 Å². The van der Waals surface area contributed by atoms with Gasteiger partial charge in [-0.1, -0.05) is 0 Å². The van der Waals surface area contributed by atoms with Gasteiger partial charge in [-0.05, 0) is 72.5 Å². The second kappa shape index (κ2) is 8.36. The summed E-state index contributed by atoms with van der Waals surface area (Å²) in [4.78, 5) is 4.21. The highest BCUT2D eigenvalue weighted by Gasteiger charge is 2.41. The molecule has 1 saturated heterocycles. The maximum Gasteiger partial charge on any atom is 0.216 e. The summed E-state index contributed by atoms with van der Waals surface area (Å²) in [5.41, 5.74) is 1.10. The lowest BCUT2D eigenvalue weighted by atomic mass is 9.98. The highest BCUT2D eigenvalue weighted by Crippen LogP contribution is 2.35. The number of benzene rings is 2. The van der Waals surface area contributed by atoms with Crippen LogP contribution >= 0.6 is 0 Å². The Balaban J connectivity index is 1.43. The number of fused-ring (bicyclic) bond motifs is 1. The van der Waals surface area contributed by atoms with Gasteiger partial charge >= 0.3 is 0 Å². The summed E-state index contributed by atoms with van der Waals surface area (Å²) in [5.74, 6) is -1.80. The summed E-state index contributed by atoms with van der Waals surface area (Å²) >= 11 is 0. The monoisotopic (exact) mass is 468 g/mol. The number of nitrogens with zero attached hydrogens (tertiary/aromatic N) is 3. The SMILES string of the molecule is N#Cc1c(F)cc(-c2cc(NC3CCN(S(=O)(=O)C4CC4)CC3)c3cnccc3c2)cc1F. The van der Waals surface area contributed by atoms with Crippen LogP contribution in [0.3, 0.4) is 0 Å². The Kier molecular flexibility index (Phi) is 5.51. The van der Waals surface area contributed by atoms with E-state index in [-0.39, 0.29) is 11.3 Å². The van der Waals surface area contributed by atoms with Gasteiger partial charge in [-0.25, -0.2) is 21.5 Å². The van der Waals surface area contributed by atoms with Crippen LogP contribution in [0.25, 0.3) is 21.9 Å². The predicted molar refractivity (Wildman–Crippen MR) is 122 cm³/mol. The minimum absolute atomic E-state index is 0.0590. The van der Waals surface area contributed by atoms with Gasteiger partial charge in [0.1, 0.15) is 23.3 Å². The molecule has 0 spiro atoms. The van der Waals surface area contributed by atoms with Crippen molar-refractivity contribution < 1.29 is 17.2 Å². The average molecular weight is 469 g/mol. The topological polar surface area (TPSA) is 86.1 Å². The molecule has 9 heteroatoms. The van der Waals surface area contributed by atoms with E-state index in [1.165, 1.54) is 0 Å². The number of sulfonamides is 1. The smallest absolute Gasteiger partial charge is 0.216 e. The molecular formula is C24H22F2N4O2S. The van der Waals surface area contributed by atoms with E-state index in [1.807, 2.05) is 18.2 Å². The molecule has 1 aromatic heterocycles. The highest BCUT2D eigenvalue weighted by molar-refractivity contribution is 7.90. The molecule has 1 saturated carbocycles. The summed E-state index contributed by atoms with van der Waals surface area (Å²) < 4.78 is 55.1. The van der Waals surface area contributed by atoms with E-state index < -0.39 is 27.2 Å². The van der Waals surface area contributed by atoms with Crippen LogP contribution in [0.1, 0.15) is 31.2 Å². The van der Waals surface area contributed by atoms with Crippen LogP contribution in [-0.4, -0.2) is 42.1 Å². The quantitative estimate of drug-likeness (QED) is 0.599. The number of hydrogen-bond donors (Lipinski definition) is 1. The number of rotatable bonds is 5. The Bertz CT molecular complexity index is 1350. The second-order valence-corrected chi connectivity index (χ2v) is 10.8. The second-order valence-electron chi connectivity index (χ2n) is 8.61. The first-order valence-electron chi connectivity index (χ1n) is 10.9. The number of anilines is 1. The molecule has 2 heterocycles. The summed E-state index contributed by atoms with van der Waals surface area (Å²) in [6.45, 7) is 0.941. The molecule has 1 aliphatic carbocycles. The van der Waals surface area contributed by atoms with Crippen molar-refractivity contribution in [1.29, 1.82) is 5.26 Å². The fourth-order valence-corrected chi connectivity index (χ4v) is 6.26. The maximum absolute atomic E-state index is 14.2. The van der Waals surface area contributed by atoms with E-state index in [0.717, 1.165) is 41.4 Å². The van der Waals surface area contributed by atoms with Crippen LogP contribution in [0.5, 0.6) is 0 Å². The van der Waals surface area contributed by atoms with Crippen molar-refractivity contribution in [1.82, 2.24) is 9.29 Å². The summed E-state index contributed by atoms with van der Waals surface area (Å²) in [5, 5.41) is 14.0. The van der Waals surface area contributed by atoms with Gasteiger partial charge in [0.05, 0.1) is 5.25 Å². The molecule has 1 aliphatic heterocycles. The molecule has 0 bridgehead atoms. The molecule has 0 atom stereocenters. The summed E-state index contributed by atoms with van der Waals surface area (Å²) in [7, 11) is -3.17. The van der Waals surface area contributed by atoms with Crippen LogP contribution in [0.2, 0.25) is 0 Å². The molecular weight excluding hydrogens is 446 g/mol. The van der Waals surface area contributed by atoms with Crippen molar-refractivity contribution in [2.75, 3.05) is 18.4 Å². The third-order valence-electron chi connectivity index (χ3n) is 6.36. The third kappa shape index (κ3) is 4.16. The lowest BCUT2D eigenvalue weighted by Gasteiger charge is -2.32. The molecule has 170 valence electrons. The van der Waals surface area contributed by atoms with Gasteiger partial charge in [-0.2, -0.15) is 5.26 Å². The van der Waals surface area contributed by atoms with E-state index >= 15 is 0 Å². The molecule has 2 fully saturated rings. The summed E-state index contributed by atoms with van der Waals surface area (Å²) in [6.07, 6.45) is 6.22. The van der Waals surface area contributed by atoms with E-state index in [4.69, 9.17) is 5.26 Å². The number of aromatic nitrogens is 1. The standard InChI is InChI=1S/C24H22F2N4O2S/c25-22-10-17(11-23(26)20(22)13-27)16-9-15-3-6-28-14-21(15)24(12-16)29-18-4-7-30(8-5-18)33(31,32)19-1-2-19/h3,6,9-12,14,18-19,29H,1-2,4-5,7-8H2. The van der Waals surface area contributed by atoms with Crippen molar-refractivity contribution in [2.45, 2.75) is 37.0 Å². The molecule has 5 rings (SSSR count).